The van der Waals surface area contributed by atoms with Gasteiger partial charge in [0.05, 0.1) is 29.7 Å². The highest BCUT2D eigenvalue weighted by Gasteiger charge is 2.26. The van der Waals surface area contributed by atoms with Crippen molar-refractivity contribution in [1.29, 1.82) is 0 Å². The summed E-state index contributed by atoms with van der Waals surface area (Å²) in [6, 6.07) is 16.4. The number of para-hydroxylation sites is 1. The molecule has 3 rings (SSSR count). The molecule has 1 heterocycles. The first-order chi connectivity index (χ1) is 14.9. The van der Waals surface area contributed by atoms with E-state index in [0.29, 0.717) is 17.1 Å². The maximum Gasteiger partial charge on any atom is 0.380 e. The fourth-order valence-corrected chi connectivity index (χ4v) is 3.09. The summed E-state index contributed by atoms with van der Waals surface area (Å²) in [6.45, 7) is 3.06. The van der Waals surface area contributed by atoms with E-state index in [4.69, 9.17) is 9.47 Å². The highest BCUT2D eigenvalue weighted by atomic mass is 16.5. The summed E-state index contributed by atoms with van der Waals surface area (Å²) in [5.74, 6) is -1.73. The molecule has 0 atom stereocenters. The number of methoxy groups -OCH3 is 1. The highest BCUT2D eigenvalue weighted by molar-refractivity contribution is 6.41. The van der Waals surface area contributed by atoms with Gasteiger partial charge in [-0.3, -0.25) is 9.59 Å². The fraction of sp³-hybridized carbons (Fsp3) is 0.217. The molecule has 0 aliphatic carbocycles. The van der Waals surface area contributed by atoms with E-state index in [-0.39, 0.29) is 12.1 Å². The van der Waals surface area contributed by atoms with E-state index in [0.717, 1.165) is 11.3 Å². The molecule has 0 aliphatic rings. The number of carbonyl (C=O) groups excluding carboxylic acids is 3. The number of ether oxygens (including phenoxy) is 2. The summed E-state index contributed by atoms with van der Waals surface area (Å²) >= 11 is 0. The van der Waals surface area contributed by atoms with Gasteiger partial charge in [-0.2, -0.15) is 5.10 Å². The van der Waals surface area contributed by atoms with Crippen LogP contribution in [0.1, 0.15) is 27.3 Å². The minimum absolute atomic E-state index is 0.174. The molecule has 0 unspecified atom stereocenters. The summed E-state index contributed by atoms with van der Waals surface area (Å²) in [7, 11) is 1.57. The summed E-state index contributed by atoms with van der Waals surface area (Å²) < 4.78 is 11.6. The van der Waals surface area contributed by atoms with Gasteiger partial charge in [-0.05, 0) is 43.7 Å². The van der Waals surface area contributed by atoms with Crippen molar-refractivity contribution < 1.29 is 23.9 Å². The van der Waals surface area contributed by atoms with Gasteiger partial charge in [0.15, 0.2) is 6.61 Å². The molecular formula is C23H23N3O5. The SMILES string of the molecule is COc1ccc(CNC(=O)COC(=O)C(=O)c2c(C)nn(-c3ccccc3)c2C)cc1. The molecule has 0 fully saturated rings. The molecule has 0 saturated carbocycles. The Hall–Kier alpha value is -3.94. The van der Waals surface area contributed by atoms with Gasteiger partial charge < -0.3 is 14.8 Å². The number of amides is 1. The second-order valence-electron chi connectivity index (χ2n) is 6.82. The Morgan fingerprint density at radius 3 is 2.32 bits per heavy atom. The van der Waals surface area contributed by atoms with E-state index >= 15 is 0 Å². The van der Waals surface area contributed by atoms with Crippen LogP contribution in [0.2, 0.25) is 0 Å². The molecule has 160 valence electrons. The van der Waals surface area contributed by atoms with Gasteiger partial charge in [0.25, 0.3) is 11.7 Å². The normalized spacial score (nSPS) is 10.4. The second kappa shape index (κ2) is 9.71. The Morgan fingerprint density at radius 2 is 1.68 bits per heavy atom. The van der Waals surface area contributed by atoms with E-state index in [1.807, 2.05) is 42.5 Å². The van der Waals surface area contributed by atoms with Gasteiger partial charge >= 0.3 is 5.97 Å². The number of rotatable bonds is 8. The van der Waals surface area contributed by atoms with Crippen LogP contribution in [0.3, 0.4) is 0 Å². The number of ketones is 1. The van der Waals surface area contributed by atoms with Gasteiger partial charge in [-0.25, -0.2) is 9.48 Å². The molecular weight excluding hydrogens is 398 g/mol. The first kappa shape index (κ1) is 21.8. The van der Waals surface area contributed by atoms with Crippen LogP contribution in [0.4, 0.5) is 0 Å². The van der Waals surface area contributed by atoms with Crippen LogP contribution >= 0.6 is 0 Å². The van der Waals surface area contributed by atoms with Crippen molar-refractivity contribution in [1.82, 2.24) is 15.1 Å². The maximum absolute atomic E-state index is 12.6. The zero-order valence-corrected chi connectivity index (χ0v) is 17.5. The zero-order chi connectivity index (χ0) is 22.4. The monoisotopic (exact) mass is 421 g/mol. The highest BCUT2D eigenvalue weighted by Crippen LogP contribution is 2.19. The third-order valence-electron chi connectivity index (χ3n) is 4.69. The number of aromatic nitrogens is 2. The van der Waals surface area contributed by atoms with Crippen molar-refractivity contribution in [2.24, 2.45) is 0 Å². The predicted molar refractivity (Wildman–Crippen MR) is 113 cm³/mol. The van der Waals surface area contributed by atoms with Crippen LogP contribution in [0.5, 0.6) is 5.75 Å². The molecule has 1 aromatic heterocycles. The summed E-state index contributed by atoms with van der Waals surface area (Å²) in [4.78, 5) is 36.8. The molecule has 8 nitrogen and oxygen atoms in total. The van der Waals surface area contributed by atoms with Gasteiger partial charge in [0.1, 0.15) is 5.75 Å². The molecule has 0 bridgehead atoms. The van der Waals surface area contributed by atoms with E-state index < -0.39 is 24.3 Å². The third kappa shape index (κ3) is 5.16. The molecule has 0 saturated heterocycles. The standard InChI is InChI=1S/C23H23N3O5/c1-15-21(16(2)26(25-15)18-7-5-4-6-8-18)22(28)23(29)31-14-20(27)24-13-17-9-11-19(30-3)12-10-17/h4-12H,13-14H2,1-3H3,(H,24,27). The topological polar surface area (TPSA) is 99.5 Å². The largest absolute Gasteiger partial charge is 0.497 e. The first-order valence-electron chi connectivity index (χ1n) is 9.63. The van der Waals surface area contributed by atoms with Gasteiger partial charge in [-0.1, -0.05) is 30.3 Å². The van der Waals surface area contributed by atoms with Crippen molar-refractivity contribution in [3.8, 4) is 11.4 Å². The number of carbonyl (C=O) groups is 3. The summed E-state index contributed by atoms with van der Waals surface area (Å²) in [6.07, 6.45) is 0. The number of nitrogens with one attached hydrogen (secondary N) is 1. The summed E-state index contributed by atoms with van der Waals surface area (Å²) in [5.41, 5.74) is 2.74. The minimum Gasteiger partial charge on any atom is -0.497 e. The van der Waals surface area contributed by atoms with E-state index in [1.54, 1.807) is 37.8 Å². The van der Waals surface area contributed by atoms with Crippen molar-refractivity contribution in [2.45, 2.75) is 20.4 Å². The molecule has 8 heteroatoms. The number of nitrogens with zero attached hydrogens (tertiary/aromatic N) is 2. The van der Waals surface area contributed by atoms with Gasteiger partial charge in [-0.15, -0.1) is 0 Å². The van der Waals surface area contributed by atoms with E-state index in [9.17, 15) is 14.4 Å². The lowest BCUT2D eigenvalue weighted by molar-refractivity contribution is -0.144. The number of Topliss-reactive ketones (excluding diaryl/α,β-unsaturated/α-hetero) is 1. The van der Waals surface area contributed by atoms with Gasteiger partial charge in [0, 0.05) is 6.54 Å². The molecule has 0 radical (unpaired) electrons. The van der Waals surface area contributed by atoms with Crippen molar-refractivity contribution in [2.75, 3.05) is 13.7 Å². The molecule has 0 aliphatic heterocycles. The molecule has 1 N–H and O–H groups in total. The number of esters is 1. The average molecular weight is 421 g/mol. The Kier molecular flexibility index (Phi) is 6.81. The van der Waals surface area contributed by atoms with Crippen LogP contribution in [-0.2, 0) is 20.9 Å². The molecule has 3 aromatic rings. The minimum atomic E-state index is -1.10. The molecule has 31 heavy (non-hydrogen) atoms. The number of benzene rings is 2. The number of hydrogen-bond donors (Lipinski definition) is 1. The Morgan fingerprint density at radius 1 is 1.00 bits per heavy atom. The van der Waals surface area contributed by atoms with Crippen LogP contribution in [0, 0.1) is 13.8 Å². The predicted octanol–water partition coefficient (Wildman–Crippen LogP) is 2.54. The van der Waals surface area contributed by atoms with Crippen LogP contribution in [0.15, 0.2) is 54.6 Å². The lowest BCUT2D eigenvalue weighted by atomic mass is 10.1. The zero-order valence-electron chi connectivity index (χ0n) is 17.5. The van der Waals surface area contributed by atoms with Gasteiger partial charge in [0.2, 0.25) is 0 Å². The molecule has 1 amide bonds. The maximum atomic E-state index is 12.6. The third-order valence-corrected chi connectivity index (χ3v) is 4.69. The van der Waals surface area contributed by atoms with Crippen LogP contribution in [0.25, 0.3) is 5.69 Å². The second-order valence-corrected chi connectivity index (χ2v) is 6.82. The quantitative estimate of drug-likeness (QED) is 0.341. The number of aryl methyl sites for hydroxylation is 1. The molecule has 0 spiro atoms. The van der Waals surface area contributed by atoms with Crippen molar-refractivity contribution >= 4 is 17.7 Å². The average Bonchev–Trinajstić information content (AvgIpc) is 3.10. The van der Waals surface area contributed by atoms with Crippen LogP contribution in [-0.4, -0.2) is 41.2 Å². The Balaban J connectivity index is 1.57. The smallest absolute Gasteiger partial charge is 0.380 e. The van der Waals surface area contributed by atoms with Crippen molar-refractivity contribution in [3.63, 3.8) is 0 Å². The Labute approximate surface area is 179 Å². The number of hydrogen-bond acceptors (Lipinski definition) is 6. The lowest BCUT2D eigenvalue weighted by Gasteiger charge is -2.07. The Bertz CT molecular complexity index is 1090. The van der Waals surface area contributed by atoms with Crippen molar-refractivity contribution in [3.05, 3.63) is 77.1 Å². The lowest BCUT2D eigenvalue weighted by Crippen LogP contribution is -2.30. The fourth-order valence-electron chi connectivity index (χ4n) is 3.09. The van der Waals surface area contributed by atoms with E-state index in [2.05, 4.69) is 10.4 Å². The summed E-state index contributed by atoms with van der Waals surface area (Å²) in [5, 5.41) is 6.99. The molecule has 2 aromatic carbocycles. The first-order valence-corrected chi connectivity index (χ1v) is 9.63. The van der Waals surface area contributed by atoms with Crippen LogP contribution < -0.4 is 10.1 Å². The van der Waals surface area contributed by atoms with E-state index in [1.165, 1.54) is 0 Å².